The van der Waals surface area contributed by atoms with Crippen LogP contribution in [0.5, 0.6) is 5.75 Å². The van der Waals surface area contributed by atoms with Gasteiger partial charge < -0.3 is 14.7 Å². The molecular formula is C17H20N2O3. The summed E-state index contributed by atoms with van der Waals surface area (Å²) in [4.78, 5) is 17.9. The molecule has 116 valence electrons. The van der Waals surface area contributed by atoms with E-state index in [0.717, 1.165) is 11.1 Å². The summed E-state index contributed by atoms with van der Waals surface area (Å²) in [5.41, 5.74) is 1.77. The summed E-state index contributed by atoms with van der Waals surface area (Å²) in [5, 5.41) is 9.12. The van der Waals surface area contributed by atoms with E-state index in [-0.39, 0.29) is 12.5 Å². The fraction of sp³-hybridized carbons (Fsp3) is 0.294. The number of amides is 1. The average molecular weight is 300 g/mol. The molecule has 0 bridgehead atoms. The van der Waals surface area contributed by atoms with Crippen LogP contribution in [0.1, 0.15) is 18.1 Å². The first-order chi connectivity index (χ1) is 10.6. The third-order valence-corrected chi connectivity index (χ3v) is 3.29. The molecule has 0 saturated carbocycles. The Kier molecular flexibility index (Phi) is 5.49. The lowest BCUT2D eigenvalue weighted by atomic mass is 10.2. The maximum atomic E-state index is 12.3. The molecule has 22 heavy (non-hydrogen) atoms. The van der Waals surface area contributed by atoms with Crippen LogP contribution in [0.25, 0.3) is 0 Å². The molecule has 1 atom stereocenters. The van der Waals surface area contributed by atoms with Crippen molar-refractivity contribution >= 4 is 5.91 Å². The van der Waals surface area contributed by atoms with Crippen molar-refractivity contribution in [2.75, 3.05) is 7.05 Å². The molecule has 0 aliphatic heterocycles. The van der Waals surface area contributed by atoms with Gasteiger partial charge >= 0.3 is 0 Å². The topological polar surface area (TPSA) is 62.7 Å². The van der Waals surface area contributed by atoms with Gasteiger partial charge in [-0.1, -0.05) is 12.1 Å². The zero-order valence-electron chi connectivity index (χ0n) is 12.8. The van der Waals surface area contributed by atoms with E-state index in [4.69, 9.17) is 9.84 Å². The highest BCUT2D eigenvalue weighted by Gasteiger charge is 2.19. The Labute approximate surface area is 130 Å². The Bertz CT molecular complexity index is 616. The summed E-state index contributed by atoms with van der Waals surface area (Å²) in [6.07, 6.45) is 2.81. The van der Waals surface area contributed by atoms with Crippen LogP contribution in [-0.4, -0.2) is 34.0 Å². The van der Waals surface area contributed by atoms with E-state index in [1.807, 2.05) is 12.1 Å². The number of hydrogen-bond acceptors (Lipinski definition) is 4. The van der Waals surface area contributed by atoms with E-state index < -0.39 is 6.10 Å². The van der Waals surface area contributed by atoms with Gasteiger partial charge in [-0.2, -0.15) is 0 Å². The molecule has 0 aliphatic rings. The van der Waals surface area contributed by atoms with E-state index in [0.29, 0.717) is 12.3 Å². The predicted octanol–water partition coefficient (Wildman–Crippen LogP) is 2.00. The molecule has 0 fully saturated rings. The van der Waals surface area contributed by atoms with Crippen LogP contribution in [0.3, 0.4) is 0 Å². The SMILES string of the molecule is CC(Oc1cccc(CO)c1)C(=O)N(C)Cc1ccncc1. The first-order valence-corrected chi connectivity index (χ1v) is 7.10. The largest absolute Gasteiger partial charge is 0.481 e. The lowest BCUT2D eigenvalue weighted by Gasteiger charge is -2.22. The van der Waals surface area contributed by atoms with Crippen LogP contribution in [0.2, 0.25) is 0 Å². The number of aliphatic hydroxyl groups excluding tert-OH is 1. The van der Waals surface area contributed by atoms with Crippen molar-refractivity contribution in [3.05, 3.63) is 59.9 Å². The normalized spacial score (nSPS) is 11.8. The van der Waals surface area contributed by atoms with Crippen molar-refractivity contribution in [1.82, 2.24) is 9.88 Å². The third kappa shape index (κ3) is 4.30. The minimum Gasteiger partial charge on any atom is -0.481 e. The highest BCUT2D eigenvalue weighted by atomic mass is 16.5. The molecule has 0 spiro atoms. The first-order valence-electron chi connectivity index (χ1n) is 7.10. The number of nitrogens with zero attached hydrogens (tertiary/aromatic N) is 2. The average Bonchev–Trinajstić information content (AvgIpc) is 2.55. The molecule has 5 nitrogen and oxygen atoms in total. The zero-order valence-corrected chi connectivity index (χ0v) is 12.8. The van der Waals surface area contributed by atoms with Gasteiger partial charge in [0, 0.05) is 26.0 Å². The Hall–Kier alpha value is -2.40. The predicted molar refractivity (Wildman–Crippen MR) is 83.2 cm³/mol. The number of pyridine rings is 1. The van der Waals surface area contributed by atoms with Crippen LogP contribution >= 0.6 is 0 Å². The molecule has 1 N–H and O–H groups in total. The van der Waals surface area contributed by atoms with E-state index in [2.05, 4.69) is 4.98 Å². The van der Waals surface area contributed by atoms with E-state index in [1.54, 1.807) is 55.5 Å². The van der Waals surface area contributed by atoms with Crippen LogP contribution < -0.4 is 4.74 Å². The second kappa shape index (κ2) is 7.56. The summed E-state index contributed by atoms with van der Waals surface area (Å²) in [6.45, 7) is 2.17. The lowest BCUT2D eigenvalue weighted by Crippen LogP contribution is -2.37. The summed E-state index contributed by atoms with van der Waals surface area (Å²) in [5.74, 6) is 0.468. The number of carbonyl (C=O) groups excluding carboxylic acids is 1. The third-order valence-electron chi connectivity index (χ3n) is 3.29. The van der Waals surface area contributed by atoms with Crippen molar-refractivity contribution in [1.29, 1.82) is 0 Å². The summed E-state index contributed by atoms with van der Waals surface area (Å²) in [7, 11) is 1.74. The molecule has 0 aliphatic carbocycles. The molecule has 1 aromatic carbocycles. The van der Waals surface area contributed by atoms with Gasteiger partial charge in [-0.3, -0.25) is 9.78 Å². The minimum atomic E-state index is -0.596. The fourth-order valence-corrected chi connectivity index (χ4v) is 2.12. The number of rotatable bonds is 6. The maximum absolute atomic E-state index is 12.3. The van der Waals surface area contributed by atoms with Gasteiger partial charge in [-0.15, -0.1) is 0 Å². The second-order valence-electron chi connectivity index (χ2n) is 5.12. The molecule has 1 aromatic heterocycles. The highest BCUT2D eigenvalue weighted by Crippen LogP contribution is 2.16. The van der Waals surface area contributed by atoms with Crippen LogP contribution in [0.15, 0.2) is 48.8 Å². The monoisotopic (exact) mass is 300 g/mol. The van der Waals surface area contributed by atoms with Gasteiger partial charge in [0.15, 0.2) is 6.10 Å². The highest BCUT2D eigenvalue weighted by molar-refractivity contribution is 5.80. The standard InChI is InChI=1S/C17H20N2O3/c1-13(22-16-5-3-4-15(10-16)12-20)17(21)19(2)11-14-6-8-18-9-7-14/h3-10,13,20H,11-12H2,1-2H3. The first kappa shape index (κ1) is 16.0. The Morgan fingerprint density at radius 1 is 1.27 bits per heavy atom. The summed E-state index contributed by atoms with van der Waals surface area (Å²) < 4.78 is 5.66. The van der Waals surface area contributed by atoms with Gasteiger partial charge in [0.1, 0.15) is 5.75 Å². The zero-order chi connectivity index (χ0) is 15.9. The van der Waals surface area contributed by atoms with Crippen LogP contribution in [0.4, 0.5) is 0 Å². The van der Waals surface area contributed by atoms with Gasteiger partial charge in [0.25, 0.3) is 5.91 Å². The molecule has 0 saturated heterocycles. The lowest BCUT2D eigenvalue weighted by molar-refractivity contribution is -0.137. The quantitative estimate of drug-likeness (QED) is 0.886. The molecular weight excluding hydrogens is 280 g/mol. The van der Waals surface area contributed by atoms with Crippen molar-refractivity contribution < 1.29 is 14.6 Å². The van der Waals surface area contributed by atoms with Gasteiger partial charge in [-0.05, 0) is 42.3 Å². The van der Waals surface area contributed by atoms with E-state index in [1.165, 1.54) is 0 Å². The van der Waals surface area contributed by atoms with Crippen molar-refractivity contribution in [2.45, 2.75) is 26.2 Å². The molecule has 0 radical (unpaired) electrons. The number of likely N-dealkylation sites (N-methyl/N-ethyl adjacent to an activating group) is 1. The molecule has 5 heteroatoms. The van der Waals surface area contributed by atoms with Crippen LogP contribution in [-0.2, 0) is 17.9 Å². The van der Waals surface area contributed by atoms with Crippen molar-refractivity contribution in [3.8, 4) is 5.75 Å². The molecule has 1 amide bonds. The fourth-order valence-electron chi connectivity index (χ4n) is 2.12. The van der Waals surface area contributed by atoms with Gasteiger partial charge in [0.05, 0.1) is 6.61 Å². The Morgan fingerprint density at radius 2 is 2.00 bits per heavy atom. The number of hydrogen-bond donors (Lipinski definition) is 1. The second-order valence-corrected chi connectivity index (χ2v) is 5.12. The van der Waals surface area contributed by atoms with Crippen LogP contribution in [0, 0.1) is 0 Å². The van der Waals surface area contributed by atoms with Gasteiger partial charge in [0.2, 0.25) is 0 Å². The molecule has 1 heterocycles. The summed E-state index contributed by atoms with van der Waals surface area (Å²) >= 11 is 0. The molecule has 2 aromatic rings. The minimum absolute atomic E-state index is 0.0541. The van der Waals surface area contributed by atoms with E-state index >= 15 is 0 Å². The number of aromatic nitrogens is 1. The van der Waals surface area contributed by atoms with Crippen molar-refractivity contribution in [3.63, 3.8) is 0 Å². The van der Waals surface area contributed by atoms with Gasteiger partial charge in [-0.25, -0.2) is 0 Å². The van der Waals surface area contributed by atoms with Crippen molar-refractivity contribution in [2.24, 2.45) is 0 Å². The molecule has 1 unspecified atom stereocenters. The maximum Gasteiger partial charge on any atom is 0.263 e. The Morgan fingerprint density at radius 3 is 2.68 bits per heavy atom. The molecule has 2 rings (SSSR count). The smallest absolute Gasteiger partial charge is 0.263 e. The number of benzene rings is 1. The Balaban J connectivity index is 1.96. The van der Waals surface area contributed by atoms with E-state index in [9.17, 15) is 4.79 Å². The number of carbonyl (C=O) groups is 1. The number of aliphatic hydroxyl groups is 1. The summed E-state index contributed by atoms with van der Waals surface area (Å²) in [6, 6.07) is 10.8. The number of ether oxygens (including phenoxy) is 1.